The maximum absolute atomic E-state index is 13.0. The molecule has 2 rings (SSSR count). The van der Waals surface area contributed by atoms with Crippen molar-refractivity contribution in [1.82, 2.24) is 15.2 Å². The molecular weight excluding hydrogens is 265 g/mol. The molecule has 0 spiro atoms. The van der Waals surface area contributed by atoms with E-state index < -0.39 is 0 Å². The van der Waals surface area contributed by atoms with Crippen LogP contribution < -0.4 is 5.32 Å². The SMILES string of the molecule is CCCNC(CCN1CCCC1(C)C)c1ccc(F)cn1. The van der Waals surface area contributed by atoms with Crippen molar-refractivity contribution >= 4 is 0 Å². The van der Waals surface area contributed by atoms with Crippen molar-refractivity contribution in [3.8, 4) is 0 Å². The van der Waals surface area contributed by atoms with Gasteiger partial charge in [0.2, 0.25) is 0 Å². The first-order valence-corrected chi connectivity index (χ1v) is 8.13. The van der Waals surface area contributed by atoms with E-state index in [1.807, 2.05) is 0 Å². The molecule has 21 heavy (non-hydrogen) atoms. The molecule has 0 amide bonds. The summed E-state index contributed by atoms with van der Waals surface area (Å²) in [5.74, 6) is -0.270. The van der Waals surface area contributed by atoms with Crippen LogP contribution in [0, 0.1) is 5.82 Å². The van der Waals surface area contributed by atoms with E-state index in [-0.39, 0.29) is 11.9 Å². The van der Waals surface area contributed by atoms with Gasteiger partial charge >= 0.3 is 0 Å². The van der Waals surface area contributed by atoms with E-state index in [1.54, 1.807) is 6.07 Å². The molecule has 0 bridgehead atoms. The Bertz CT molecular complexity index is 430. The van der Waals surface area contributed by atoms with Gasteiger partial charge in [0.15, 0.2) is 0 Å². The molecule has 1 aliphatic heterocycles. The molecule has 0 aromatic carbocycles. The molecule has 1 fully saturated rings. The molecule has 3 nitrogen and oxygen atoms in total. The Hall–Kier alpha value is -1.00. The summed E-state index contributed by atoms with van der Waals surface area (Å²) < 4.78 is 13.0. The largest absolute Gasteiger partial charge is 0.309 e. The van der Waals surface area contributed by atoms with Crippen molar-refractivity contribution in [2.75, 3.05) is 19.6 Å². The fraction of sp³-hybridized carbons (Fsp3) is 0.706. The van der Waals surface area contributed by atoms with E-state index in [1.165, 1.54) is 31.6 Å². The molecule has 2 heterocycles. The maximum Gasteiger partial charge on any atom is 0.141 e. The van der Waals surface area contributed by atoms with Gasteiger partial charge in [-0.2, -0.15) is 0 Å². The summed E-state index contributed by atoms with van der Waals surface area (Å²) in [7, 11) is 0. The van der Waals surface area contributed by atoms with Crippen LogP contribution in [0.2, 0.25) is 0 Å². The second-order valence-electron chi connectivity index (χ2n) is 6.60. The van der Waals surface area contributed by atoms with Crippen LogP contribution in [0.15, 0.2) is 18.3 Å². The lowest BCUT2D eigenvalue weighted by atomic mass is 10.0. The van der Waals surface area contributed by atoms with Crippen molar-refractivity contribution in [3.05, 3.63) is 29.8 Å². The van der Waals surface area contributed by atoms with E-state index in [0.29, 0.717) is 5.54 Å². The highest BCUT2D eigenvalue weighted by atomic mass is 19.1. The zero-order valence-corrected chi connectivity index (χ0v) is 13.5. The van der Waals surface area contributed by atoms with Gasteiger partial charge in [0.1, 0.15) is 5.82 Å². The predicted molar refractivity (Wildman–Crippen MR) is 84.7 cm³/mol. The molecule has 0 radical (unpaired) electrons. The van der Waals surface area contributed by atoms with Gasteiger partial charge in [-0.15, -0.1) is 0 Å². The van der Waals surface area contributed by atoms with Crippen molar-refractivity contribution in [2.45, 2.75) is 58.0 Å². The predicted octanol–water partition coefficient (Wildman–Crippen LogP) is 3.53. The van der Waals surface area contributed by atoms with Crippen LogP contribution in [0.4, 0.5) is 4.39 Å². The number of hydrogen-bond donors (Lipinski definition) is 1. The minimum atomic E-state index is -0.270. The number of likely N-dealkylation sites (tertiary alicyclic amines) is 1. The van der Waals surface area contributed by atoms with Crippen molar-refractivity contribution in [1.29, 1.82) is 0 Å². The molecule has 0 aliphatic carbocycles. The zero-order chi connectivity index (χ0) is 15.3. The molecular formula is C17H28FN3. The Balaban J connectivity index is 1.97. The average molecular weight is 293 g/mol. The van der Waals surface area contributed by atoms with Crippen LogP contribution in [0.25, 0.3) is 0 Å². The lowest BCUT2D eigenvalue weighted by Crippen LogP contribution is -2.40. The minimum absolute atomic E-state index is 0.210. The topological polar surface area (TPSA) is 28.2 Å². The summed E-state index contributed by atoms with van der Waals surface area (Å²) in [4.78, 5) is 6.82. The smallest absolute Gasteiger partial charge is 0.141 e. The van der Waals surface area contributed by atoms with Crippen LogP contribution >= 0.6 is 0 Å². The summed E-state index contributed by atoms with van der Waals surface area (Å²) >= 11 is 0. The molecule has 1 N–H and O–H groups in total. The molecule has 1 atom stereocenters. The van der Waals surface area contributed by atoms with E-state index in [4.69, 9.17) is 0 Å². The number of nitrogens with zero attached hydrogens (tertiary/aromatic N) is 2. The Morgan fingerprint density at radius 2 is 2.24 bits per heavy atom. The zero-order valence-electron chi connectivity index (χ0n) is 13.5. The average Bonchev–Trinajstić information content (AvgIpc) is 2.79. The highest BCUT2D eigenvalue weighted by Gasteiger charge is 2.31. The molecule has 1 saturated heterocycles. The van der Waals surface area contributed by atoms with Gasteiger partial charge in [-0.25, -0.2) is 4.39 Å². The highest BCUT2D eigenvalue weighted by molar-refractivity contribution is 5.10. The number of hydrogen-bond acceptors (Lipinski definition) is 3. The monoisotopic (exact) mass is 293 g/mol. The third kappa shape index (κ3) is 4.48. The van der Waals surface area contributed by atoms with Crippen LogP contribution in [0.3, 0.4) is 0 Å². The lowest BCUT2D eigenvalue weighted by molar-refractivity contribution is 0.166. The van der Waals surface area contributed by atoms with Crippen LogP contribution in [-0.4, -0.2) is 35.1 Å². The van der Waals surface area contributed by atoms with E-state index in [2.05, 4.69) is 36.0 Å². The summed E-state index contributed by atoms with van der Waals surface area (Å²) in [5.41, 5.74) is 1.26. The highest BCUT2D eigenvalue weighted by Crippen LogP contribution is 2.29. The first-order valence-electron chi connectivity index (χ1n) is 8.13. The lowest BCUT2D eigenvalue weighted by Gasteiger charge is -2.32. The fourth-order valence-corrected chi connectivity index (χ4v) is 3.13. The normalized spacial score (nSPS) is 19.8. The standard InChI is InChI=1S/C17H28FN3/c1-4-10-19-16(15-7-6-14(18)13-20-15)8-12-21-11-5-9-17(21,2)3/h6-7,13,16,19H,4-5,8-12H2,1-3H3. The molecule has 1 unspecified atom stereocenters. The van der Waals surface area contributed by atoms with Gasteiger partial charge in [0, 0.05) is 12.1 Å². The van der Waals surface area contributed by atoms with Gasteiger partial charge < -0.3 is 5.32 Å². The second-order valence-corrected chi connectivity index (χ2v) is 6.60. The molecule has 1 aromatic rings. The number of nitrogens with one attached hydrogen (secondary N) is 1. The van der Waals surface area contributed by atoms with Gasteiger partial charge in [-0.3, -0.25) is 9.88 Å². The van der Waals surface area contributed by atoms with Gasteiger partial charge in [-0.05, 0) is 64.8 Å². The Morgan fingerprint density at radius 3 is 2.81 bits per heavy atom. The Morgan fingerprint density at radius 1 is 1.43 bits per heavy atom. The van der Waals surface area contributed by atoms with Gasteiger partial charge in [0.05, 0.1) is 17.9 Å². The Labute approximate surface area is 127 Å². The van der Waals surface area contributed by atoms with Crippen LogP contribution in [0.1, 0.15) is 58.2 Å². The summed E-state index contributed by atoms with van der Waals surface area (Å²) in [6.45, 7) is 10.0. The van der Waals surface area contributed by atoms with Crippen molar-refractivity contribution in [3.63, 3.8) is 0 Å². The molecule has 4 heteroatoms. The maximum atomic E-state index is 13.0. The first kappa shape index (κ1) is 16.4. The number of halogens is 1. The minimum Gasteiger partial charge on any atom is -0.309 e. The van der Waals surface area contributed by atoms with E-state index >= 15 is 0 Å². The summed E-state index contributed by atoms with van der Waals surface area (Å²) in [6.07, 6.45) is 5.98. The fourth-order valence-electron chi connectivity index (χ4n) is 3.13. The van der Waals surface area contributed by atoms with Crippen molar-refractivity contribution in [2.24, 2.45) is 0 Å². The summed E-state index contributed by atoms with van der Waals surface area (Å²) in [6, 6.07) is 3.52. The number of rotatable bonds is 7. The quantitative estimate of drug-likeness (QED) is 0.833. The van der Waals surface area contributed by atoms with Gasteiger partial charge in [-0.1, -0.05) is 6.92 Å². The third-order valence-electron chi connectivity index (χ3n) is 4.51. The van der Waals surface area contributed by atoms with Crippen LogP contribution in [0.5, 0.6) is 0 Å². The summed E-state index contributed by atoms with van der Waals surface area (Å²) in [5, 5.41) is 3.54. The van der Waals surface area contributed by atoms with Crippen LogP contribution in [-0.2, 0) is 0 Å². The molecule has 1 aliphatic rings. The molecule has 118 valence electrons. The van der Waals surface area contributed by atoms with Crippen molar-refractivity contribution < 1.29 is 4.39 Å². The Kier molecular flexibility index (Phi) is 5.71. The molecule has 1 aromatic heterocycles. The second kappa shape index (κ2) is 7.32. The first-order chi connectivity index (χ1) is 10.0. The number of aromatic nitrogens is 1. The molecule has 0 saturated carbocycles. The number of pyridine rings is 1. The third-order valence-corrected chi connectivity index (χ3v) is 4.51. The van der Waals surface area contributed by atoms with E-state index in [9.17, 15) is 4.39 Å². The van der Waals surface area contributed by atoms with Gasteiger partial charge in [0.25, 0.3) is 0 Å². The van der Waals surface area contributed by atoms with E-state index in [0.717, 1.165) is 31.6 Å².